The number of nitrogens with one attached hydrogen (secondary N) is 1. The number of carbonyl (C=O) groups excluding carboxylic acids is 1. The van der Waals surface area contributed by atoms with E-state index < -0.39 is 5.91 Å². The van der Waals surface area contributed by atoms with E-state index in [-0.39, 0.29) is 23.1 Å². The minimum atomic E-state index is -0.471. The van der Waals surface area contributed by atoms with Crippen LogP contribution in [-0.4, -0.2) is 17.6 Å². The number of nitrogens with zero attached hydrogens (tertiary/aromatic N) is 1. The number of ether oxygens (including phenoxy) is 1. The van der Waals surface area contributed by atoms with Gasteiger partial charge in [0.25, 0.3) is 5.91 Å². The van der Waals surface area contributed by atoms with Crippen LogP contribution in [0.25, 0.3) is 6.08 Å². The number of phenolic OH excluding ortho intramolecular Hbond substituents is 1. The molecule has 1 atom stereocenters. The SMILES string of the molecule is CCOc1cc(/C=C(\C#N)C(=O)NC(C)c2ccccc2)c(Br)cc1O. The Morgan fingerprint density at radius 1 is 1.38 bits per heavy atom. The molecule has 2 N–H and O–H groups in total. The lowest BCUT2D eigenvalue weighted by Gasteiger charge is -2.14. The number of benzene rings is 2. The zero-order chi connectivity index (χ0) is 19.1. The molecule has 0 heterocycles. The summed E-state index contributed by atoms with van der Waals surface area (Å²) in [6, 6.07) is 14.2. The van der Waals surface area contributed by atoms with Crippen LogP contribution in [-0.2, 0) is 4.79 Å². The van der Waals surface area contributed by atoms with Crippen molar-refractivity contribution < 1.29 is 14.6 Å². The van der Waals surface area contributed by atoms with Crippen molar-refractivity contribution in [3.8, 4) is 17.6 Å². The fraction of sp³-hybridized carbons (Fsp3) is 0.200. The van der Waals surface area contributed by atoms with Crippen LogP contribution in [0.1, 0.15) is 31.0 Å². The van der Waals surface area contributed by atoms with Crippen molar-refractivity contribution in [3.05, 3.63) is 63.6 Å². The summed E-state index contributed by atoms with van der Waals surface area (Å²) in [5.41, 5.74) is 1.47. The van der Waals surface area contributed by atoms with Gasteiger partial charge in [-0.25, -0.2) is 0 Å². The molecule has 0 saturated carbocycles. The summed E-state index contributed by atoms with van der Waals surface area (Å²) < 4.78 is 5.90. The van der Waals surface area contributed by atoms with E-state index in [1.54, 1.807) is 13.0 Å². The Morgan fingerprint density at radius 2 is 2.08 bits per heavy atom. The molecule has 6 heteroatoms. The monoisotopic (exact) mass is 414 g/mol. The van der Waals surface area contributed by atoms with Crippen molar-refractivity contribution >= 4 is 27.9 Å². The van der Waals surface area contributed by atoms with Crippen molar-refractivity contribution in [2.24, 2.45) is 0 Å². The van der Waals surface area contributed by atoms with Crippen molar-refractivity contribution in [2.45, 2.75) is 19.9 Å². The first-order valence-electron chi connectivity index (χ1n) is 8.09. The predicted octanol–water partition coefficient (Wildman–Crippen LogP) is 4.34. The molecule has 0 radical (unpaired) electrons. The van der Waals surface area contributed by atoms with E-state index in [2.05, 4.69) is 21.2 Å². The summed E-state index contributed by atoms with van der Waals surface area (Å²) in [6.07, 6.45) is 1.46. The Hall–Kier alpha value is -2.78. The zero-order valence-corrected chi connectivity index (χ0v) is 16.1. The number of hydrogen-bond acceptors (Lipinski definition) is 4. The molecule has 0 aromatic heterocycles. The number of amides is 1. The number of halogens is 1. The first-order chi connectivity index (χ1) is 12.5. The predicted molar refractivity (Wildman–Crippen MR) is 104 cm³/mol. The van der Waals surface area contributed by atoms with Gasteiger partial charge in [-0.2, -0.15) is 5.26 Å². The number of nitriles is 1. The van der Waals surface area contributed by atoms with Crippen LogP contribution < -0.4 is 10.1 Å². The van der Waals surface area contributed by atoms with E-state index in [1.807, 2.05) is 43.3 Å². The summed E-state index contributed by atoms with van der Waals surface area (Å²) >= 11 is 3.33. The third-order valence-electron chi connectivity index (χ3n) is 3.69. The van der Waals surface area contributed by atoms with Gasteiger partial charge in [-0.1, -0.05) is 46.3 Å². The molecule has 1 amide bonds. The molecule has 0 spiro atoms. The van der Waals surface area contributed by atoms with E-state index >= 15 is 0 Å². The second-order valence-electron chi connectivity index (χ2n) is 5.55. The summed E-state index contributed by atoms with van der Waals surface area (Å²) in [5, 5.41) is 22.1. The maximum absolute atomic E-state index is 12.5. The molecule has 5 nitrogen and oxygen atoms in total. The fourth-order valence-electron chi connectivity index (χ4n) is 2.34. The van der Waals surface area contributed by atoms with Crippen LogP contribution >= 0.6 is 15.9 Å². The maximum atomic E-state index is 12.5. The van der Waals surface area contributed by atoms with Crippen LogP contribution in [0.3, 0.4) is 0 Å². The third kappa shape index (κ3) is 4.87. The summed E-state index contributed by atoms with van der Waals surface area (Å²) in [6.45, 7) is 4.04. The van der Waals surface area contributed by atoms with E-state index in [0.29, 0.717) is 16.6 Å². The lowest BCUT2D eigenvalue weighted by atomic mass is 10.1. The van der Waals surface area contributed by atoms with Gasteiger partial charge in [0.05, 0.1) is 12.6 Å². The normalized spacial score (nSPS) is 12.2. The molecule has 2 aromatic rings. The molecule has 2 aromatic carbocycles. The Kier molecular flexibility index (Phi) is 6.81. The Balaban J connectivity index is 2.26. The van der Waals surface area contributed by atoms with Gasteiger partial charge in [-0.15, -0.1) is 0 Å². The van der Waals surface area contributed by atoms with Gasteiger partial charge >= 0.3 is 0 Å². The number of aromatic hydroxyl groups is 1. The smallest absolute Gasteiger partial charge is 0.262 e. The average molecular weight is 415 g/mol. The Labute approximate surface area is 161 Å². The summed E-state index contributed by atoms with van der Waals surface area (Å²) in [7, 11) is 0. The van der Waals surface area contributed by atoms with Gasteiger partial charge in [0.2, 0.25) is 0 Å². The molecule has 0 aliphatic rings. The summed E-state index contributed by atoms with van der Waals surface area (Å²) in [4.78, 5) is 12.5. The molecule has 0 aliphatic carbocycles. The van der Waals surface area contributed by atoms with Crippen LogP contribution in [0.15, 0.2) is 52.5 Å². The average Bonchev–Trinajstić information content (AvgIpc) is 2.63. The topological polar surface area (TPSA) is 82.3 Å². The van der Waals surface area contributed by atoms with Crippen LogP contribution in [0.5, 0.6) is 11.5 Å². The second kappa shape index (κ2) is 9.07. The van der Waals surface area contributed by atoms with Gasteiger partial charge in [0, 0.05) is 4.47 Å². The second-order valence-corrected chi connectivity index (χ2v) is 6.40. The number of carbonyl (C=O) groups is 1. The van der Waals surface area contributed by atoms with Crippen molar-refractivity contribution in [1.82, 2.24) is 5.32 Å². The van der Waals surface area contributed by atoms with Gasteiger partial charge in [-0.05, 0) is 43.2 Å². The van der Waals surface area contributed by atoms with Gasteiger partial charge in [0.15, 0.2) is 11.5 Å². The van der Waals surface area contributed by atoms with Crippen LogP contribution in [0, 0.1) is 11.3 Å². The van der Waals surface area contributed by atoms with E-state index in [0.717, 1.165) is 5.56 Å². The van der Waals surface area contributed by atoms with Crippen LogP contribution in [0.4, 0.5) is 0 Å². The number of rotatable bonds is 6. The highest BCUT2D eigenvalue weighted by Gasteiger charge is 2.15. The third-order valence-corrected chi connectivity index (χ3v) is 4.38. The standard InChI is InChI=1S/C20H19BrN2O3/c1-3-26-19-10-15(17(21)11-18(19)24)9-16(12-22)20(25)23-13(2)14-7-5-4-6-8-14/h4-11,13,24H,3H2,1-2H3,(H,23,25)/b16-9+. The minimum Gasteiger partial charge on any atom is -0.504 e. The number of hydrogen-bond donors (Lipinski definition) is 2. The molecular formula is C20H19BrN2O3. The largest absolute Gasteiger partial charge is 0.504 e. The fourth-order valence-corrected chi connectivity index (χ4v) is 2.79. The molecule has 2 rings (SSSR count). The molecular weight excluding hydrogens is 396 g/mol. The lowest BCUT2D eigenvalue weighted by molar-refractivity contribution is -0.117. The van der Waals surface area contributed by atoms with Gasteiger partial charge < -0.3 is 15.2 Å². The van der Waals surface area contributed by atoms with Crippen molar-refractivity contribution in [2.75, 3.05) is 6.61 Å². The highest BCUT2D eigenvalue weighted by Crippen LogP contribution is 2.33. The van der Waals surface area contributed by atoms with E-state index in [9.17, 15) is 15.2 Å². The van der Waals surface area contributed by atoms with E-state index in [4.69, 9.17) is 4.74 Å². The molecule has 0 bridgehead atoms. The molecule has 0 fully saturated rings. The minimum absolute atomic E-state index is 0.0171. The molecule has 134 valence electrons. The first kappa shape index (κ1) is 19.5. The highest BCUT2D eigenvalue weighted by atomic mass is 79.9. The molecule has 1 unspecified atom stereocenters. The molecule has 26 heavy (non-hydrogen) atoms. The van der Waals surface area contributed by atoms with E-state index in [1.165, 1.54) is 12.1 Å². The molecule has 0 saturated heterocycles. The van der Waals surface area contributed by atoms with Crippen molar-refractivity contribution in [1.29, 1.82) is 5.26 Å². The highest BCUT2D eigenvalue weighted by molar-refractivity contribution is 9.10. The summed E-state index contributed by atoms with van der Waals surface area (Å²) in [5.74, 6) is -0.198. The molecule has 0 aliphatic heterocycles. The van der Waals surface area contributed by atoms with Gasteiger partial charge in [-0.3, -0.25) is 4.79 Å². The number of phenols is 1. The maximum Gasteiger partial charge on any atom is 0.262 e. The van der Waals surface area contributed by atoms with Crippen LogP contribution in [0.2, 0.25) is 0 Å². The Bertz CT molecular complexity index is 857. The Morgan fingerprint density at radius 3 is 2.69 bits per heavy atom. The quantitative estimate of drug-likeness (QED) is 0.543. The van der Waals surface area contributed by atoms with Crippen molar-refractivity contribution in [3.63, 3.8) is 0 Å². The first-order valence-corrected chi connectivity index (χ1v) is 8.88. The lowest BCUT2D eigenvalue weighted by Crippen LogP contribution is -2.27. The zero-order valence-electron chi connectivity index (χ0n) is 14.5. The van der Waals surface area contributed by atoms with Gasteiger partial charge in [0.1, 0.15) is 11.6 Å².